The van der Waals surface area contributed by atoms with Crippen LogP contribution in [-0.4, -0.2) is 6.61 Å². The van der Waals surface area contributed by atoms with Gasteiger partial charge in [-0.05, 0) is 92.0 Å². The van der Waals surface area contributed by atoms with Crippen molar-refractivity contribution in [2.45, 2.75) is 51.1 Å². The fraction of sp³-hybridized carbons (Fsp3) is 0.407. The number of hydrogen-bond donors (Lipinski definition) is 0. The lowest BCUT2D eigenvalue weighted by atomic mass is 9.64. The van der Waals surface area contributed by atoms with E-state index in [9.17, 15) is 26.3 Å². The second kappa shape index (κ2) is 10.2. The van der Waals surface area contributed by atoms with Gasteiger partial charge in [-0.1, -0.05) is 17.9 Å². The third-order valence-corrected chi connectivity index (χ3v) is 7.06. The number of alkyl halides is 2. The minimum atomic E-state index is -3.40. The van der Waals surface area contributed by atoms with E-state index in [1.54, 1.807) is 0 Å². The molecule has 0 aromatic heterocycles. The van der Waals surface area contributed by atoms with Crippen LogP contribution in [0.4, 0.5) is 26.3 Å². The highest BCUT2D eigenvalue weighted by atomic mass is 19.3. The van der Waals surface area contributed by atoms with Crippen LogP contribution in [0.3, 0.4) is 0 Å². The van der Waals surface area contributed by atoms with E-state index in [0.717, 1.165) is 38.5 Å². The van der Waals surface area contributed by atoms with Crippen LogP contribution in [0.25, 0.3) is 0 Å². The van der Waals surface area contributed by atoms with Crippen molar-refractivity contribution in [1.82, 2.24) is 0 Å². The number of ether oxygens (including phenoxy) is 1. The summed E-state index contributed by atoms with van der Waals surface area (Å²) in [5, 5.41) is 0. The maximum absolute atomic E-state index is 14.8. The molecule has 34 heavy (non-hydrogen) atoms. The predicted molar refractivity (Wildman–Crippen MR) is 116 cm³/mol. The Kier molecular flexibility index (Phi) is 7.25. The third kappa shape index (κ3) is 5.27. The van der Waals surface area contributed by atoms with E-state index in [4.69, 9.17) is 0 Å². The van der Waals surface area contributed by atoms with E-state index in [-0.39, 0.29) is 11.5 Å². The molecule has 7 heteroatoms. The molecule has 0 amide bonds. The summed E-state index contributed by atoms with van der Waals surface area (Å²) >= 11 is 0. The Balaban J connectivity index is 1.51. The van der Waals surface area contributed by atoms with Gasteiger partial charge in [-0.25, -0.2) is 17.6 Å². The molecule has 0 radical (unpaired) electrons. The Morgan fingerprint density at radius 2 is 1.44 bits per heavy atom. The van der Waals surface area contributed by atoms with Crippen molar-refractivity contribution in [1.29, 1.82) is 0 Å². The fourth-order valence-corrected chi connectivity index (χ4v) is 5.36. The van der Waals surface area contributed by atoms with Crippen LogP contribution >= 0.6 is 0 Å². The first-order valence-corrected chi connectivity index (χ1v) is 11.3. The van der Waals surface area contributed by atoms with Gasteiger partial charge < -0.3 is 4.74 Å². The Labute approximate surface area is 194 Å². The first kappa shape index (κ1) is 24.3. The Hall–Kier alpha value is -2.88. The van der Waals surface area contributed by atoms with Crippen molar-refractivity contribution in [3.05, 3.63) is 76.9 Å². The Bertz CT molecular complexity index is 1090. The van der Waals surface area contributed by atoms with Crippen LogP contribution in [0.2, 0.25) is 0 Å². The predicted octanol–water partition coefficient (Wildman–Crippen LogP) is 7.73. The lowest BCUT2D eigenvalue weighted by molar-refractivity contribution is -0.0546. The molecule has 2 aliphatic carbocycles. The molecule has 0 spiro atoms. The molecular weight excluding hydrogens is 454 g/mol. The van der Waals surface area contributed by atoms with Gasteiger partial charge in [0.25, 0.3) is 0 Å². The van der Waals surface area contributed by atoms with Crippen molar-refractivity contribution in [3.63, 3.8) is 0 Å². The summed E-state index contributed by atoms with van der Waals surface area (Å²) in [7, 11) is 0. The standard InChI is InChI=1S/C27H24F6O/c1-2-15-3-5-18-12-19(7-6-17(18)9-15)20-13-22(28)21(23(29)14-20)8-4-16-10-24(30)26(25(31)11-16)34-27(32)33/h2,10-11,13-15,17-19,27H,1,3,5-7,9,12H2. The molecule has 1 nitrogen and oxygen atoms in total. The molecule has 0 heterocycles. The highest BCUT2D eigenvalue weighted by Crippen LogP contribution is 2.48. The second-order valence-electron chi connectivity index (χ2n) is 9.10. The number of rotatable bonds is 4. The molecule has 2 saturated carbocycles. The molecule has 4 atom stereocenters. The van der Waals surface area contributed by atoms with Crippen molar-refractivity contribution >= 4 is 0 Å². The lowest BCUT2D eigenvalue weighted by Gasteiger charge is -2.41. The van der Waals surface area contributed by atoms with E-state index in [2.05, 4.69) is 23.2 Å². The minimum Gasteiger partial charge on any atom is -0.429 e. The quantitative estimate of drug-likeness (QED) is 0.248. The summed E-state index contributed by atoms with van der Waals surface area (Å²) in [6.07, 6.45) is 8.14. The van der Waals surface area contributed by atoms with E-state index >= 15 is 0 Å². The average molecular weight is 478 g/mol. The van der Waals surface area contributed by atoms with E-state index in [1.807, 2.05) is 6.08 Å². The topological polar surface area (TPSA) is 9.23 Å². The van der Waals surface area contributed by atoms with Gasteiger partial charge in [0.1, 0.15) is 11.6 Å². The minimum absolute atomic E-state index is 0.0677. The van der Waals surface area contributed by atoms with Crippen molar-refractivity contribution in [2.75, 3.05) is 0 Å². The van der Waals surface area contributed by atoms with Crippen LogP contribution < -0.4 is 4.74 Å². The number of benzene rings is 2. The first-order chi connectivity index (χ1) is 16.2. The highest BCUT2D eigenvalue weighted by Gasteiger charge is 2.35. The molecule has 0 aliphatic heterocycles. The largest absolute Gasteiger partial charge is 0.429 e. The van der Waals surface area contributed by atoms with Gasteiger partial charge in [-0.2, -0.15) is 8.78 Å². The molecule has 4 rings (SSSR count). The highest BCUT2D eigenvalue weighted by molar-refractivity contribution is 5.47. The fourth-order valence-electron chi connectivity index (χ4n) is 5.36. The van der Waals surface area contributed by atoms with Crippen molar-refractivity contribution < 1.29 is 31.1 Å². The zero-order valence-corrected chi connectivity index (χ0v) is 18.4. The molecule has 4 unspecified atom stereocenters. The Morgan fingerprint density at radius 1 is 0.824 bits per heavy atom. The molecule has 0 saturated heterocycles. The first-order valence-electron chi connectivity index (χ1n) is 11.3. The number of allylic oxidation sites excluding steroid dienone is 1. The Morgan fingerprint density at radius 3 is 2.06 bits per heavy atom. The summed E-state index contributed by atoms with van der Waals surface area (Å²) in [6.45, 7) is 0.502. The monoisotopic (exact) mass is 478 g/mol. The maximum atomic E-state index is 14.8. The van der Waals surface area contributed by atoms with E-state index < -0.39 is 41.2 Å². The van der Waals surface area contributed by atoms with Crippen molar-refractivity contribution in [3.8, 4) is 17.6 Å². The van der Waals surface area contributed by atoms with Crippen LogP contribution in [-0.2, 0) is 0 Å². The smallest absolute Gasteiger partial charge is 0.387 e. The van der Waals surface area contributed by atoms with Gasteiger partial charge in [-0.3, -0.25) is 0 Å². The number of hydrogen-bond acceptors (Lipinski definition) is 1. The summed E-state index contributed by atoms with van der Waals surface area (Å²) in [4.78, 5) is 0. The summed E-state index contributed by atoms with van der Waals surface area (Å²) in [5.74, 6) is 0.637. The molecule has 2 fully saturated rings. The van der Waals surface area contributed by atoms with Gasteiger partial charge in [0.15, 0.2) is 17.4 Å². The van der Waals surface area contributed by atoms with Gasteiger partial charge in [0.05, 0.1) is 5.56 Å². The molecule has 2 aromatic carbocycles. The molecular formula is C27H24F6O. The summed E-state index contributed by atoms with van der Waals surface area (Å²) in [5.41, 5.74) is -0.193. The number of fused-ring (bicyclic) bond motifs is 1. The average Bonchev–Trinajstić information content (AvgIpc) is 2.80. The molecule has 0 bridgehead atoms. The van der Waals surface area contributed by atoms with Crippen LogP contribution in [0.1, 0.15) is 61.1 Å². The third-order valence-electron chi connectivity index (χ3n) is 7.06. The van der Waals surface area contributed by atoms with Gasteiger partial charge in [0, 0.05) is 5.56 Å². The molecule has 180 valence electrons. The van der Waals surface area contributed by atoms with Crippen LogP contribution in [0, 0.1) is 52.9 Å². The summed E-state index contributed by atoms with van der Waals surface area (Å²) < 4.78 is 85.5. The SMILES string of the molecule is C=CC1CCC2CC(c3cc(F)c(C#Cc4cc(F)c(OC(F)F)c(F)c4)c(F)c3)CCC2C1. The van der Waals surface area contributed by atoms with Gasteiger partial charge in [-0.15, -0.1) is 6.58 Å². The molecule has 2 aromatic rings. The lowest BCUT2D eigenvalue weighted by Crippen LogP contribution is -2.30. The van der Waals surface area contributed by atoms with E-state index in [1.165, 1.54) is 12.1 Å². The summed E-state index contributed by atoms with van der Waals surface area (Å²) in [6, 6.07) is 3.90. The zero-order chi connectivity index (χ0) is 24.4. The normalized spacial score (nSPS) is 24.2. The van der Waals surface area contributed by atoms with Crippen LogP contribution in [0.5, 0.6) is 5.75 Å². The van der Waals surface area contributed by atoms with Gasteiger partial charge in [0.2, 0.25) is 0 Å². The maximum Gasteiger partial charge on any atom is 0.387 e. The second-order valence-corrected chi connectivity index (χ2v) is 9.10. The van der Waals surface area contributed by atoms with Crippen molar-refractivity contribution in [2.24, 2.45) is 17.8 Å². The zero-order valence-electron chi connectivity index (χ0n) is 18.4. The molecule has 0 N–H and O–H groups in total. The van der Waals surface area contributed by atoms with Crippen LogP contribution in [0.15, 0.2) is 36.9 Å². The number of halogens is 6. The van der Waals surface area contributed by atoms with E-state index in [0.29, 0.717) is 35.4 Å². The molecule has 2 aliphatic rings. The van der Waals surface area contributed by atoms with Gasteiger partial charge >= 0.3 is 6.61 Å².